The first-order valence-corrected chi connectivity index (χ1v) is 6.48. The molecule has 1 N–H and O–H groups in total. The van der Waals surface area contributed by atoms with E-state index in [1.54, 1.807) is 0 Å². The number of nitrogens with one attached hydrogen (secondary N) is 1. The molecule has 2 aliphatic rings. The smallest absolute Gasteiger partial charge is 0.315 e. The first-order valence-electron chi connectivity index (χ1n) is 6.48. The van der Waals surface area contributed by atoms with Crippen molar-refractivity contribution < 1.29 is 13.2 Å². The molecule has 0 aromatic rings. The van der Waals surface area contributed by atoms with E-state index in [1.807, 2.05) is 0 Å². The summed E-state index contributed by atoms with van der Waals surface area (Å²) in [6, 6.07) is 0.862. The second kappa shape index (κ2) is 5.14. The van der Waals surface area contributed by atoms with Crippen LogP contribution in [0.3, 0.4) is 0 Å². The summed E-state index contributed by atoms with van der Waals surface area (Å²) in [5.74, 6) is -1.06. The molecule has 100 valence electrons. The Hall–Kier alpha value is -0.290. The number of hydrogen-bond donors (Lipinski definition) is 1. The van der Waals surface area contributed by atoms with Gasteiger partial charge in [-0.3, -0.25) is 4.90 Å². The van der Waals surface area contributed by atoms with Crippen LogP contribution in [0, 0.1) is 5.92 Å². The minimum absolute atomic E-state index is 0.304. The summed E-state index contributed by atoms with van der Waals surface area (Å²) in [7, 11) is 2.07. The molecule has 0 amide bonds. The SMILES string of the molecule is CN(C1CCC(C(F)(F)F)CC1)C1CCNC1. The van der Waals surface area contributed by atoms with E-state index in [9.17, 15) is 13.2 Å². The summed E-state index contributed by atoms with van der Waals surface area (Å²) in [6.07, 6.45) is -0.875. The summed E-state index contributed by atoms with van der Waals surface area (Å²) in [6.45, 7) is 2.02. The summed E-state index contributed by atoms with van der Waals surface area (Å²) >= 11 is 0. The van der Waals surface area contributed by atoms with Gasteiger partial charge in [-0.1, -0.05) is 0 Å². The molecule has 2 nitrogen and oxygen atoms in total. The van der Waals surface area contributed by atoms with Gasteiger partial charge in [-0.15, -0.1) is 0 Å². The average molecular weight is 250 g/mol. The van der Waals surface area contributed by atoms with Crippen molar-refractivity contribution in [1.82, 2.24) is 10.2 Å². The van der Waals surface area contributed by atoms with Gasteiger partial charge in [-0.05, 0) is 45.7 Å². The zero-order chi connectivity index (χ0) is 12.5. The fraction of sp³-hybridized carbons (Fsp3) is 1.00. The molecule has 1 unspecified atom stereocenters. The highest BCUT2D eigenvalue weighted by Gasteiger charge is 2.42. The first-order chi connectivity index (χ1) is 7.98. The summed E-state index contributed by atoms with van der Waals surface area (Å²) in [5.41, 5.74) is 0. The summed E-state index contributed by atoms with van der Waals surface area (Å²) in [4.78, 5) is 2.30. The molecule has 0 bridgehead atoms. The molecule has 17 heavy (non-hydrogen) atoms. The van der Waals surface area contributed by atoms with E-state index in [0.717, 1.165) is 19.5 Å². The van der Waals surface area contributed by atoms with Crippen LogP contribution in [0.2, 0.25) is 0 Å². The molecule has 1 saturated carbocycles. The van der Waals surface area contributed by atoms with E-state index >= 15 is 0 Å². The molecule has 2 rings (SSSR count). The molecule has 0 radical (unpaired) electrons. The maximum atomic E-state index is 12.5. The molecule has 0 aromatic carbocycles. The maximum absolute atomic E-state index is 12.5. The van der Waals surface area contributed by atoms with Gasteiger partial charge in [0.2, 0.25) is 0 Å². The van der Waals surface area contributed by atoms with Crippen molar-refractivity contribution in [3.05, 3.63) is 0 Å². The molecule has 2 fully saturated rings. The molecule has 1 aliphatic carbocycles. The van der Waals surface area contributed by atoms with E-state index < -0.39 is 12.1 Å². The summed E-state index contributed by atoms with van der Waals surface area (Å²) in [5, 5.41) is 3.30. The maximum Gasteiger partial charge on any atom is 0.391 e. The van der Waals surface area contributed by atoms with Gasteiger partial charge in [0.05, 0.1) is 5.92 Å². The number of likely N-dealkylation sites (N-methyl/N-ethyl adjacent to an activating group) is 1. The third-order valence-electron chi connectivity index (χ3n) is 4.35. The fourth-order valence-corrected chi connectivity index (χ4v) is 3.10. The Morgan fingerprint density at radius 2 is 1.65 bits per heavy atom. The molecule has 1 atom stereocenters. The van der Waals surface area contributed by atoms with Crippen LogP contribution < -0.4 is 5.32 Å². The van der Waals surface area contributed by atoms with Gasteiger partial charge in [0.25, 0.3) is 0 Å². The zero-order valence-corrected chi connectivity index (χ0v) is 10.3. The van der Waals surface area contributed by atoms with Crippen molar-refractivity contribution in [2.24, 2.45) is 5.92 Å². The summed E-state index contributed by atoms with van der Waals surface area (Å²) < 4.78 is 37.6. The number of hydrogen-bond acceptors (Lipinski definition) is 2. The molecular formula is C12H21F3N2. The lowest BCUT2D eigenvalue weighted by molar-refractivity contribution is -0.184. The predicted octanol–water partition coefficient (Wildman–Crippen LogP) is 2.40. The lowest BCUT2D eigenvalue weighted by Gasteiger charge is -2.38. The van der Waals surface area contributed by atoms with Crippen LogP contribution in [0.4, 0.5) is 13.2 Å². The van der Waals surface area contributed by atoms with Crippen LogP contribution in [0.15, 0.2) is 0 Å². The van der Waals surface area contributed by atoms with E-state index in [1.165, 1.54) is 0 Å². The van der Waals surface area contributed by atoms with Crippen LogP contribution in [0.5, 0.6) is 0 Å². The normalized spacial score (nSPS) is 35.5. The third kappa shape index (κ3) is 3.13. The van der Waals surface area contributed by atoms with Crippen LogP contribution >= 0.6 is 0 Å². The second-order valence-electron chi connectivity index (χ2n) is 5.36. The third-order valence-corrected chi connectivity index (χ3v) is 4.35. The number of halogens is 3. The van der Waals surface area contributed by atoms with E-state index in [4.69, 9.17) is 0 Å². The van der Waals surface area contributed by atoms with E-state index in [-0.39, 0.29) is 0 Å². The van der Waals surface area contributed by atoms with Crippen LogP contribution in [-0.4, -0.2) is 43.3 Å². The number of rotatable bonds is 2. The van der Waals surface area contributed by atoms with Gasteiger partial charge in [-0.2, -0.15) is 13.2 Å². The van der Waals surface area contributed by atoms with Crippen LogP contribution in [0.25, 0.3) is 0 Å². The van der Waals surface area contributed by atoms with Crippen molar-refractivity contribution in [3.63, 3.8) is 0 Å². The zero-order valence-electron chi connectivity index (χ0n) is 10.3. The quantitative estimate of drug-likeness (QED) is 0.809. The highest BCUT2D eigenvalue weighted by Crippen LogP contribution is 2.38. The number of alkyl halides is 3. The fourth-order valence-electron chi connectivity index (χ4n) is 3.10. The van der Waals surface area contributed by atoms with Gasteiger partial charge in [0.15, 0.2) is 0 Å². The van der Waals surface area contributed by atoms with Crippen LogP contribution in [-0.2, 0) is 0 Å². The molecule has 5 heteroatoms. The van der Waals surface area contributed by atoms with Gasteiger partial charge >= 0.3 is 6.18 Å². The molecular weight excluding hydrogens is 229 g/mol. The Morgan fingerprint density at radius 3 is 2.12 bits per heavy atom. The van der Waals surface area contributed by atoms with Gasteiger partial charge in [0, 0.05) is 18.6 Å². The Labute approximate surface area is 101 Å². The average Bonchev–Trinajstić information content (AvgIpc) is 2.80. The highest BCUT2D eigenvalue weighted by molar-refractivity contribution is 4.87. The Morgan fingerprint density at radius 1 is 1.00 bits per heavy atom. The Balaban J connectivity index is 1.82. The largest absolute Gasteiger partial charge is 0.391 e. The van der Waals surface area contributed by atoms with Crippen molar-refractivity contribution in [1.29, 1.82) is 0 Å². The monoisotopic (exact) mass is 250 g/mol. The molecule has 1 heterocycles. The van der Waals surface area contributed by atoms with Gasteiger partial charge in [0.1, 0.15) is 0 Å². The second-order valence-corrected chi connectivity index (χ2v) is 5.36. The number of nitrogens with zero attached hydrogens (tertiary/aromatic N) is 1. The molecule has 1 saturated heterocycles. The molecule has 0 spiro atoms. The molecule has 0 aromatic heterocycles. The van der Waals surface area contributed by atoms with E-state index in [0.29, 0.717) is 37.8 Å². The minimum Gasteiger partial charge on any atom is -0.315 e. The van der Waals surface area contributed by atoms with Crippen molar-refractivity contribution in [3.8, 4) is 0 Å². The highest BCUT2D eigenvalue weighted by atomic mass is 19.4. The standard InChI is InChI=1S/C12H21F3N2/c1-17(11-6-7-16-8-11)10-4-2-9(3-5-10)12(13,14)15/h9-11,16H,2-8H2,1H3. The topological polar surface area (TPSA) is 15.3 Å². The Bertz CT molecular complexity index is 241. The minimum atomic E-state index is -3.99. The predicted molar refractivity (Wildman–Crippen MR) is 60.8 cm³/mol. The van der Waals surface area contributed by atoms with E-state index in [2.05, 4.69) is 17.3 Å². The first kappa shape index (κ1) is 13.1. The van der Waals surface area contributed by atoms with Crippen molar-refractivity contribution in [2.75, 3.05) is 20.1 Å². The molecule has 1 aliphatic heterocycles. The van der Waals surface area contributed by atoms with Crippen molar-refractivity contribution >= 4 is 0 Å². The lowest BCUT2D eigenvalue weighted by Crippen LogP contribution is -2.44. The van der Waals surface area contributed by atoms with Gasteiger partial charge in [-0.25, -0.2) is 0 Å². The van der Waals surface area contributed by atoms with Crippen molar-refractivity contribution in [2.45, 2.75) is 50.4 Å². The van der Waals surface area contributed by atoms with Gasteiger partial charge < -0.3 is 5.32 Å². The van der Waals surface area contributed by atoms with Crippen LogP contribution in [0.1, 0.15) is 32.1 Å². The Kier molecular flexibility index (Phi) is 3.98. The lowest BCUT2D eigenvalue weighted by atomic mass is 9.84.